The highest BCUT2D eigenvalue weighted by Gasteiger charge is 2.19. The summed E-state index contributed by atoms with van der Waals surface area (Å²) in [6.07, 6.45) is -0.347. The second kappa shape index (κ2) is 5.64. The lowest BCUT2D eigenvalue weighted by molar-refractivity contribution is -0.135. The Morgan fingerprint density at radius 2 is 1.91 bits per heavy atom. The Kier molecular flexibility index (Phi) is 3.65. The minimum Gasteiger partial charge on any atom is -0.481 e. The van der Waals surface area contributed by atoms with Crippen LogP contribution < -0.4 is 0 Å². The van der Waals surface area contributed by atoms with Crippen LogP contribution in [0.4, 0.5) is 8.78 Å². The van der Waals surface area contributed by atoms with Gasteiger partial charge in [-0.15, -0.1) is 0 Å². The van der Waals surface area contributed by atoms with E-state index in [1.165, 1.54) is 16.7 Å². The van der Waals surface area contributed by atoms with Gasteiger partial charge in [-0.3, -0.25) is 9.36 Å². The third-order valence-corrected chi connectivity index (χ3v) is 3.41. The van der Waals surface area contributed by atoms with Crippen LogP contribution >= 0.6 is 0 Å². The summed E-state index contributed by atoms with van der Waals surface area (Å²) in [5.74, 6) is -2.90. The number of carboxylic acids is 1. The van der Waals surface area contributed by atoms with E-state index in [1.54, 1.807) is 24.3 Å². The molecule has 0 unspecified atom stereocenters. The van der Waals surface area contributed by atoms with Gasteiger partial charge in [-0.1, -0.05) is 24.8 Å². The molecule has 6 heteroatoms. The highest BCUT2D eigenvalue weighted by molar-refractivity contribution is 5.86. The van der Waals surface area contributed by atoms with Crippen molar-refractivity contribution in [2.75, 3.05) is 0 Å². The molecule has 116 valence electrons. The third kappa shape index (κ3) is 2.59. The number of fused-ring (bicyclic) bond motifs is 1. The zero-order valence-electron chi connectivity index (χ0n) is 12.0. The van der Waals surface area contributed by atoms with Crippen molar-refractivity contribution in [2.45, 2.75) is 6.42 Å². The van der Waals surface area contributed by atoms with E-state index < -0.39 is 17.6 Å². The van der Waals surface area contributed by atoms with Gasteiger partial charge in [-0.2, -0.15) is 0 Å². The van der Waals surface area contributed by atoms with Crippen molar-refractivity contribution in [3.8, 4) is 5.69 Å². The van der Waals surface area contributed by atoms with Crippen molar-refractivity contribution >= 4 is 22.6 Å². The molecule has 1 aromatic heterocycles. The van der Waals surface area contributed by atoms with E-state index in [1.807, 2.05) is 0 Å². The summed E-state index contributed by atoms with van der Waals surface area (Å²) in [7, 11) is 0. The van der Waals surface area contributed by atoms with Gasteiger partial charge in [0.15, 0.2) is 11.6 Å². The molecule has 4 nitrogen and oxygen atoms in total. The number of hydrogen-bond donors (Lipinski definition) is 1. The first kappa shape index (κ1) is 14.9. The summed E-state index contributed by atoms with van der Waals surface area (Å²) in [5, 5.41) is 8.95. The Labute approximate surface area is 130 Å². The molecule has 3 rings (SSSR count). The molecule has 2 aromatic carbocycles. The molecule has 0 saturated heterocycles. The highest BCUT2D eigenvalue weighted by Crippen LogP contribution is 2.28. The lowest BCUT2D eigenvalue weighted by atomic mass is 10.2. The van der Waals surface area contributed by atoms with Crippen LogP contribution in [0, 0.1) is 11.6 Å². The molecule has 1 heterocycles. The van der Waals surface area contributed by atoms with E-state index in [0.717, 1.165) is 6.07 Å². The van der Waals surface area contributed by atoms with E-state index in [9.17, 15) is 13.6 Å². The molecule has 0 atom stereocenters. The number of hydrogen-bond acceptors (Lipinski definition) is 2. The molecule has 0 radical (unpaired) electrons. The van der Waals surface area contributed by atoms with Crippen molar-refractivity contribution in [1.82, 2.24) is 9.55 Å². The van der Waals surface area contributed by atoms with Crippen LogP contribution in [-0.2, 0) is 4.79 Å². The van der Waals surface area contributed by atoms with Crippen LogP contribution in [0.1, 0.15) is 12.2 Å². The van der Waals surface area contributed by atoms with Gasteiger partial charge in [-0.25, -0.2) is 13.8 Å². The third-order valence-electron chi connectivity index (χ3n) is 3.41. The van der Waals surface area contributed by atoms with Crippen LogP contribution in [0.5, 0.6) is 0 Å². The minimum absolute atomic E-state index is 0.0414. The van der Waals surface area contributed by atoms with E-state index >= 15 is 0 Å². The molecule has 0 spiro atoms. The molecule has 0 aliphatic carbocycles. The number of imidazole rings is 1. The highest BCUT2D eigenvalue weighted by atomic mass is 19.2. The van der Waals surface area contributed by atoms with Crippen LogP contribution in [0.25, 0.3) is 22.3 Å². The number of aliphatic carboxylic acids is 1. The van der Waals surface area contributed by atoms with Gasteiger partial charge in [0.25, 0.3) is 0 Å². The summed E-state index contributed by atoms with van der Waals surface area (Å²) >= 11 is 0. The SMILES string of the molecule is C=C(CC(=O)O)c1nc2ccccc2n1-c1cccc(F)c1F. The molecule has 0 aliphatic rings. The molecular formula is C17H12F2N2O2. The van der Waals surface area contributed by atoms with Gasteiger partial charge < -0.3 is 5.11 Å². The number of rotatable bonds is 4. The van der Waals surface area contributed by atoms with Crippen molar-refractivity contribution in [3.63, 3.8) is 0 Å². The number of carboxylic acid groups (broad SMARTS) is 1. The molecule has 0 saturated carbocycles. The topological polar surface area (TPSA) is 55.1 Å². The number of benzene rings is 2. The first-order valence-electron chi connectivity index (χ1n) is 6.81. The fourth-order valence-electron chi connectivity index (χ4n) is 2.43. The number of carbonyl (C=O) groups is 1. The summed E-state index contributed by atoms with van der Waals surface area (Å²) < 4.78 is 29.2. The van der Waals surface area contributed by atoms with Crippen LogP contribution in [0.2, 0.25) is 0 Å². The molecule has 3 aromatic rings. The van der Waals surface area contributed by atoms with Crippen molar-refractivity contribution in [3.05, 3.63) is 66.5 Å². The summed E-state index contributed by atoms with van der Waals surface area (Å²) in [4.78, 5) is 15.3. The van der Waals surface area contributed by atoms with Crippen LogP contribution in [0.3, 0.4) is 0 Å². The van der Waals surface area contributed by atoms with Crippen molar-refractivity contribution in [1.29, 1.82) is 0 Å². The zero-order chi connectivity index (χ0) is 16.6. The second-order valence-electron chi connectivity index (χ2n) is 5.01. The Bertz CT molecular complexity index is 931. The van der Waals surface area contributed by atoms with Gasteiger partial charge >= 0.3 is 5.97 Å². The first-order chi connectivity index (χ1) is 11.0. The monoisotopic (exact) mass is 314 g/mol. The summed E-state index contributed by atoms with van der Waals surface area (Å²) in [6, 6.07) is 10.7. The molecule has 0 fully saturated rings. The fourth-order valence-corrected chi connectivity index (χ4v) is 2.43. The molecule has 0 bridgehead atoms. The fraction of sp³-hybridized carbons (Fsp3) is 0.0588. The molecule has 23 heavy (non-hydrogen) atoms. The molecular weight excluding hydrogens is 302 g/mol. The average molecular weight is 314 g/mol. The lowest BCUT2D eigenvalue weighted by Crippen LogP contribution is -2.06. The number of para-hydroxylation sites is 2. The van der Waals surface area contributed by atoms with Gasteiger partial charge in [0.1, 0.15) is 5.82 Å². The lowest BCUT2D eigenvalue weighted by Gasteiger charge is -2.11. The van der Waals surface area contributed by atoms with Gasteiger partial charge in [0, 0.05) is 0 Å². The Morgan fingerprint density at radius 3 is 2.65 bits per heavy atom. The van der Waals surface area contributed by atoms with E-state index in [2.05, 4.69) is 11.6 Å². The van der Waals surface area contributed by atoms with E-state index in [0.29, 0.717) is 11.0 Å². The maximum Gasteiger partial charge on any atom is 0.307 e. The quantitative estimate of drug-likeness (QED) is 0.797. The Morgan fingerprint density at radius 1 is 1.17 bits per heavy atom. The normalized spacial score (nSPS) is 10.9. The van der Waals surface area contributed by atoms with E-state index in [4.69, 9.17) is 5.11 Å². The maximum atomic E-state index is 14.2. The smallest absolute Gasteiger partial charge is 0.307 e. The first-order valence-corrected chi connectivity index (χ1v) is 6.81. The van der Waals surface area contributed by atoms with Gasteiger partial charge in [0.2, 0.25) is 0 Å². The minimum atomic E-state index is -1.08. The molecule has 0 amide bonds. The van der Waals surface area contributed by atoms with Crippen molar-refractivity contribution in [2.24, 2.45) is 0 Å². The number of halogens is 2. The Hall–Kier alpha value is -3.02. The molecule has 0 aliphatic heterocycles. The predicted octanol–water partition coefficient (Wildman–Crippen LogP) is 3.79. The van der Waals surface area contributed by atoms with Gasteiger partial charge in [-0.05, 0) is 29.8 Å². The summed E-state index contributed by atoms with van der Waals surface area (Å²) in [6.45, 7) is 3.72. The van der Waals surface area contributed by atoms with Crippen LogP contribution in [0.15, 0.2) is 49.0 Å². The number of nitrogens with zero attached hydrogens (tertiary/aromatic N) is 2. The predicted molar refractivity (Wildman–Crippen MR) is 82.3 cm³/mol. The second-order valence-corrected chi connectivity index (χ2v) is 5.01. The Balaban J connectivity index is 2.31. The largest absolute Gasteiger partial charge is 0.481 e. The van der Waals surface area contributed by atoms with Crippen molar-refractivity contribution < 1.29 is 18.7 Å². The zero-order valence-corrected chi connectivity index (χ0v) is 12.0. The molecule has 1 N–H and O–H groups in total. The van der Waals surface area contributed by atoms with Gasteiger partial charge in [0.05, 0.1) is 23.1 Å². The standard InChI is InChI=1S/C17H12F2N2O2/c1-10(9-15(22)23)17-20-12-6-2-3-7-13(12)21(17)14-8-4-5-11(18)16(14)19/h2-8H,1,9H2,(H,22,23). The number of aromatic nitrogens is 2. The summed E-state index contributed by atoms with van der Waals surface area (Å²) in [5.41, 5.74) is 1.24. The van der Waals surface area contributed by atoms with Crippen LogP contribution in [-0.4, -0.2) is 20.6 Å². The van der Waals surface area contributed by atoms with E-state index in [-0.39, 0.29) is 23.5 Å². The maximum absolute atomic E-state index is 14.2. The average Bonchev–Trinajstić information content (AvgIpc) is 2.89.